The molecule has 7 aromatic rings. The number of thiazole rings is 1. The molecule has 0 saturated carbocycles. The SMILES string of the molecule is c1ccc(-c2ccc(N(c3nc4ccccc4s3)c3ccc(-c4ccccc4)c4ccccc34)cc2)cc1. The summed E-state index contributed by atoms with van der Waals surface area (Å²) in [5.74, 6) is 0. The summed E-state index contributed by atoms with van der Waals surface area (Å²) in [7, 11) is 0. The molecule has 1 heterocycles. The predicted molar refractivity (Wildman–Crippen MR) is 163 cm³/mol. The molecule has 3 heteroatoms. The first-order valence-electron chi connectivity index (χ1n) is 12.7. The van der Waals surface area contributed by atoms with Gasteiger partial charge in [-0.25, -0.2) is 4.98 Å². The lowest BCUT2D eigenvalue weighted by Gasteiger charge is -2.25. The van der Waals surface area contributed by atoms with Crippen LogP contribution in [0.3, 0.4) is 0 Å². The van der Waals surface area contributed by atoms with Crippen LogP contribution < -0.4 is 4.90 Å². The van der Waals surface area contributed by atoms with Crippen molar-refractivity contribution in [2.45, 2.75) is 0 Å². The quantitative estimate of drug-likeness (QED) is 0.232. The highest BCUT2D eigenvalue weighted by atomic mass is 32.1. The van der Waals surface area contributed by atoms with Crippen LogP contribution in [0.1, 0.15) is 0 Å². The van der Waals surface area contributed by atoms with E-state index in [1.807, 2.05) is 0 Å². The first-order chi connectivity index (χ1) is 18.8. The highest BCUT2D eigenvalue weighted by molar-refractivity contribution is 7.22. The zero-order valence-corrected chi connectivity index (χ0v) is 21.5. The van der Waals surface area contributed by atoms with Crippen LogP contribution in [-0.4, -0.2) is 4.98 Å². The number of anilines is 3. The third kappa shape index (κ3) is 4.03. The van der Waals surface area contributed by atoms with Gasteiger partial charge in [0, 0.05) is 11.1 Å². The Bertz CT molecular complexity index is 1820. The third-order valence-corrected chi connectivity index (χ3v) is 7.95. The number of nitrogens with zero attached hydrogens (tertiary/aromatic N) is 2. The van der Waals surface area contributed by atoms with Crippen molar-refractivity contribution in [3.63, 3.8) is 0 Å². The van der Waals surface area contributed by atoms with Gasteiger partial charge in [-0.3, -0.25) is 4.90 Å². The summed E-state index contributed by atoms with van der Waals surface area (Å²) in [4.78, 5) is 7.38. The molecule has 0 radical (unpaired) electrons. The molecule has 6 aromatic carbocycles. The van der Waals surface area contributed by atoms with Gasteiger partial charge >= 0.3 is 0 Å². The fraction of sp³-hybridized carbons (Fsp3) is 0. The van der Waals surface area contributed by atoms with Crippen LogP contribution in [0.4, 0.5) is 16.5 Å². The molecule has 0 amide bonds. The third-order valence-electron chi connectivity index (χ3n) is 6.93. The first kappa shape index (κ1) is 22.5. The average Bonchev–Trinajstić information content (AvgIpc) is 3.42. The lowest BCUT2D eigenvalue weighted by molar-refractivity contribution is 1.26. The largest absolute Gasteiger partial charge is 0.286 e. The minimum atomic E-state index is 0.955. The van der Waals surface area contributed by atoms with E-state index < -0.39 is 0 Å². The van der Waals surface area contributed by atoms with Gasteiger partial charge in [0.15, 0.2) is 5.13 Å². The molecule has 0 spiro atoms. The number of fused-ring (bicyclic) bond motifs is 2. The molecule has 2 nitrogen and oxygen atoms in total. The number of hydrogen-bond acceptors (Lipinski definition) is 3. The Kier molecular flexibility index (Phi) is 5.69. The fourth-order valence-corrected chi connectivity index (χ4v) is 6.09. The molecule has 180 valence electrons. The van der Waals surface area contributed by atoms with Crippen LogP contribution in [0.5, 0.6) is 0 Å². The number of rotatable bonds is 5. The van der Waals surface area contributed by atoms with Gasteiger partial charge in [0.25, 0.3) is 0 Å². The molecular weight excluding hydrogens is 480 g/mol. The molecule has 0 saturated heterocycles. The van der Waals surface area contributed by atoms with Crippen molar-refractivity contribution in [1.82, 2.24) is 4.98 Å². The average molecular weight is 505 g/mol. The van der Waals surface area contributed by atoms with Gasteiger partial charge in [-0.05, 0) is 58.0 Å². The topological polar surface area (TPSA) is 16.1 Å². The van der Waals surface area contributed by atoms with Crippen LogP contribution in [0, 0.1) is 0 Å². The highest BCUT2D eigenvalue weighted by Gasteiger charge is 2.20. The zero-order chi connectivity index (χ0) is 25.3. The van der Waals surface area contributed by atoms with Crippen molar-refractivity contribution in [1.29, 1.82) is 0 Å². The van der Waals surface area contributed by atoms with Gasteiger partial charge in [0.1, 0.15) is 0 Å². The molecule has 1 aromatic heterocycles. The summed E-state index contributed by atoms with van der Waals surface area (Å²) in [5, 5.41) is 3.37. The van der Waals surface area contributed by atoms with Crippen molar-refractivity contribution in [3.8, 4) is 22.3 Å². The summed E-state index contributed by atoms with van der Waals surface area (Å²) in [6.07, 6.45) is 0. The molecule has 0 bridgehead atoms. The Morgan fingerprint density at radius 1 is 0.474 bits per heavy atom. The van der Waals surface area contributed by atoms with Crippen LogP contribution in [0.2, 0.25) is 0 Å². The van der Waals surface area contributed by atoms with E-state index in [9.17, 15) is 0 Å². The predicted octanol–water partition coefficient (Wildman–Crippen LogP) is 10.3. The zero-order valence-electron chi connectivity index (χ0n) is 20.7. The Hall–Kier alpha value is -4.73. The van der Waals surface area contributed by atoms with Crippen molar-refractivity contribution in [2.24, 2.45) is 0 Å². The Balaban J connectivity index is 1.43. The summed E-state index contributed by atoms with van der Waals surface area (Å²) in [6.45, 7) is 0. The van der Waals surface area contributed by atoms with Crippen LogP contribution >= 0.6 is 11.3 Å². The number of aromatic nitrogens is 1. The summed E-state index contributed by atoms with van der Waals surface area (Å²) in [5.41, 5.74) is 8.07. The van der Waals surface area contributed by atoms with E-state index in [1.165, 1.54) is 37.7 Å². The van der Waals surface area contributed by atoms with Crippen molar-refractivity contribution >= 4 is 48.8 Å². The Labute approximate surface area is 226 Å². The van der Waals surface area contributed by atoms with E-state index in [1.54, 1.807) is 11.3 Å². The maximum Gasteiger partial charge on any atom is 0.195 e. The molecular formula is C35H24N2S. The molecule has 0 atom stereocenters. The Morgan fingerprint density at radius 3 is 1.82 bits per heavy atom. The monoisotopic (exact) mass is 504 g/mol. The van der Waals surface area contributed by atoms with Gasteiger partial charge in [-0.2, -0.15) is 0 Å². The molecule has 0 aliphatic heterocycles. The molecule has 0 aliphatic carbocycles. The van der Waals surface area contributed by atoms with Gasteiger partial charge in [-0.1, -0.05) is 127 Å². The lowest BCUT2D eigenvalue weighted by atomic mass is 9.96. The second-order valence-electron chi connectivity index (χ2n) is 9.26. The van der Waals surface area contributed by atoms with E-state index in [0.29, 0.717) is 0 Å². The number of para-hydroxylation sites is 1. The number of hydrogen-bond donors (Lipinski definition) is 0. The first-order valence-corrected chi connectivity index (χ1v) is 13.6. The molecule has 0 fully saturated rings. The Morgan fingerprint density at radius 2 is 1.08 bits per heavy atom. The van der Waals surface area contributed by atoms with Crippen LogP contribution in [0.15, 0.2) is 146 Å². The molecule has 38 heavy (non-hydrogen) atoms. The summed E-state index contributed by atoms with van der Waals surface area (Å²) in [6, 6.07) is 51.4. The molecule has 0 aliphatic rings. The van der Waals surface area contributed by atoms with Gasteiger partial charge in [0.2, 0.25) is 0 Å². The van der Waals surface area contributed by atoms with Gasteiger partial charge < -0.3 is 0 Å². The van der Waals surface area contributed by atoms with Gasteiger partial charge in [0.05, 0.1) is 15.9 Å². The maximum atomic E-state index is 5.08. The van der Waals surface area contributed by atoms with E-state index in [-0.39, 0.29) is 0 Å². The normalized spacial score (nSPS) is 11.2. The van der Waals surface area contributed by atoms with Crippen molar-refractivity contribution < 1.29 is 0 Å². The second kappa shape index (κ2) is 9.62. The van der Waals surface area contributed by atoms with Crippen LogP contribution in [0.25, 0.3) is 43.2 Å². The van der Waals surface area contributed by atoms with E-state index >= 15 is 0 Å². The van der Waals surface area contributed by atoms with Crippen LogP contribution in [-0.2, 0) is 0 Å². The summed E-state index contributed by atoms with van der Waals surface area (Å²) < 4.78 is 1.18. The smallest absolute Gasteiger partial charge is 0.195 e. The van der Waals surface area contributed by atoms with E-state index in [2.05, 4.69) is 150 Å². The minimum absolute atomic E-state index is 0.955. The second-order valence-corrected chi connectivity index (χ2v) is 10.3. The maximum absolute atomic E-state index is 5.08. The minimum Gasteiger partial charge on any atom is -0.286 e. The fourth-order valence-electron chi connectivity index (χ4n) is 5.09. The van der Waals surface area contributed by atoms with Gasteiger partial charge in [-0.15, -0.1) is 0 Å². The number of benzene rings is 6. The standard InChI is InChI=1S/C35H24N2S/c1-3-11-25(12-4-1)26-19-21-28(22-20-26)37(35-36-32-17-9-10-18-34(32)38-35)33-24-23-29(27-13-5-2-6-14-27)30-15-7-8-16-31(30)33/h1-24H. The molecule has 0 unspecified atom stereocenters. The highest BCUT2D eigenvalue weighted by Crippen LogP contribution is 2.44. The summed E-state index contributed by atoms with van der Waals surface area (Å²) >= 11 is 1.72. The lowest BCUT2D eigenvalue weighted by Crippen LogP contribution is -2.10. The van der Waals surface area contributed by atoms with E-state index in [4.69, 9.17) is 4.98 Å². The molecule has 7 rings (SSSR count). The van der Waals surface area contributed by atoms with Crippen molar-refractivity contribution in [3.05, 3.63) is 146 Å². The molecule has 0 N–H and O–H groups in total. The van der Waals surface area contributed by atoms with E-state index in [0.717, 1.165) is 22.0 Å². The van der Waals surface area contributed by atoms with Crippen molar-refractivity contribution in [2.75, 3.05) is 4.90 Å².